The number of hydrogen-bond donors (Lipinski definition) is 1. The Morgan fingerprint density at radius 3 is 1.90 bits per heavy atom. The molecule has 120 valence electrons. The van der Waals surface area contributed by atoms with Crippen LogP contribution in [0.3, 0.4) is 0 Å². The van der Waals surface area contributed by atoms with Crippen molar-refractivity contribution in [1.82, 2.24) is 0 Å². The molecule has 1 N–H and O–H groups in total. The van der Waals surface area contributed by atoms with Crippen molar-refractivity contribution in [2.45, 2.75) is 84.3 Å². The van der Waals surface area contributed by atoms with Crippen molar-refractivity contribution in [2.75, 3.05) is 13.2 Å². The van der Waals surface area contributed by atoms with Crippen LogP contribution < -0.4 is 0 Å². The maximum atomic E-state index is 11.9. The zero-order valence-electron chi connectivity index (χ0n) is 13.8. The first kappa shape index (κ1) is 19.4. The van der Waals surface area contributed by atoms with Gasteiger partial charge in [0.15, 0.2) is 5.60 Å². The van der Waals surface area contributed by atoms with Crippen LogP contribution in [-0.2, 0) is 14.3 Å². The van der Waals surface area contributed by atoms with Gasteiger partial charge in [0, 0.05) is 13.2 Å². The summed E-state index contributed by atoms with van der Waals surface area (Å²) in [6.45, 7) is 9.93. The number of aliphatic hydroxyl groups is 1. The monoisotopic (exact) mass is 288 g/mol. The number of esters is 1. The minimum Gasteiger partial charge on any atom is -0.458 e. The van der Waals surface area contributed by atoms with Gasteiger partial charge in [0.25, 0.3) is 0 Å². The molecule has 0 aliphatic rings. The smallest absolute Gasteiger partial charge is 0.338 e. The molecule has 4 heteroatoms. The van der Waals surface area contributed by atoms with E-state index in [9.17, 15) is 4.79 Å². The van der Waals surface area contributed by atoms with E-state index in [0.29, 0.717) is 6.61 Å². The average Bonchev–Trinajstić information content (AvgIpc) is 2.30. The summed E-state index contributed by atoms with van der Waals surface area (Å²) < 4.78 is 11.0. The maximum absolute atomic E-state index is 11.9. The van der Waals surface area contributed by atoms with E-state index in [2.05, 4.69) is 0 Å². The van der Waals surface area contributed by atoms with E-state index in [1.807, 2.05) is 20.8 Å². The molecule has 20 heavy (non-hydrogen) atoms. The van der Waals surface area contributed by atoms with E-state index in [0.717, 1.165) is 38.5 Å². The molecule has 0 rings (SSSR count). The lowest BCUT2D eigenvalue weighted by Crippen LogP contribution is -2.41. The first-order chi connectivity index (χ1) is 9.19. The summed E-state index contributed by atoms with van der Waals surface area (Å²) in [7, 11) is 0. The predicted octanol–water partition coefficient (Wildman–Crippen LogP) is 3.46. The lowest BCUT2D eigenvalue weighted by Gasteiger charge is -2.28. The van der Waals surface area contributed by atoms with Crippen LogP contribution in [0.25, 0.3) is 0 Å². The Kier molecular flexibility index (Phi) is 9.06. The third-order valence-corrected chi connectivity index (χ3v) is 2.91. The Labute approximate surface area is 123 Å². The minimum absolute atomic E-state index is 0.285. The van der Waals surface area contributed by atoms with Gasteiger partial charge in [-0.05, 0) is 47.5 Å². The zero-order chi connectivity index (χ0) is 15.6. The highest BCUT2D eigenvalue weighted by Gasteiger charge is 2.33. The second-order valence-corrected chi connectivity index (χ2v) is 6.71. The van der Waals surface area contributed by atoms with Crippen LogP contribution in [0.15, 0.2) is 0 Å². The highest BCUT2D eigenvalue weighted by Crippen LogP contribution is 2.18. The minimum atomic E-state index is -0.885. The fourth-order valence-corrected chi connectivity index (χ4v) is 1.71. The molecule has 4 nitrogen and oxygen atoms in total. The average molecular weight is 288 g/mol. The number of ether oxygens (including phenoxy) is 2. The summed E-state index contributed by atoms with van der Waals surface area (Å²) >= 11 is 0. The third kappa shape index (κ3) is 10.2. The maximum Gasteiger partial charge on any atom is 0.338 e. The molecular formula is C16H32O4. The van der Waals surface area contributed by atoms with Gasteiger partial charge in [0.1, 0.15) is 5.60 Å². The molecule has 0 fully saturated rings. The first-order valence-electron chi connectivity index (χ1n) is 7.67. The van der Waals surface area contributed by atoms with Crippen molar-refractivity contribution in [3.8, 4) is 0 Å². The van der Waals surface area contributed by atoms with Gasteiger partial charge in [-0.15, -0.1) is 0 Å². The Morgan fingerprint density at radius 2 is 1.40 bits per heavy atom. The van der Waals surface area contributed by atoms with Crippen LogP contribution in [0.2, 0.25) is 0 Å². The second kappa shape index (κ2) is 9.35. The van der Waals surface area contributed by atoms with Crippen LogP contribution in [0.4, 0.5) is 0 Å². The number of hydrogen-bond acceptors (Lipinski definition) is 4. The van der Waals surface area contributed by atoms with E-state index >= 15 is 0 Å². The van der Waals surface area contributed by atoms with Gasteiger partial charge < -0.3 is 14.6 Å². The predicted molar refractivity (Wildman–Crippen MR) is 80.7 cm³/mol. The Hall–Kier alpha value is -0.610. The van der Waals surface area contributed by atoms with Crippen LogP contribution in [-0.4, -0.2) is 35.5 Å². The van der Waals surface area contributed by atoms with Crippen LogP contribution in [0.1, 0.15) is 73.1 Å². The summed E-state index contributed by atoms with van der Waals surface area (Å²) in [6, 6.07) is 0. The second-order valence-electron chi connectivity index (χ2n) is 6.71. The molecule has 0 aromatic heterocycles. The largest absolute Gasteiger partial charge is 0.458 e. The van der Waals surface area contributed by atoms with Crippen molar-refractivity contribution in [3.63, 3.8) is 0 Å². The Balaban J connectivity index is 3.74. The number of rotatable bonds is 10. The lowest BCUT2D eigenvalue weighted by atomic mass is 10.1. The summed E-state index contributed by atoms with van der Waals surface area (Å²) in [5.74, 6) is -0.312. The van der Waals surface area contributed by atoms with Crippen molar-refractivity contribution in [3.05, 3.63) is 0 Å². The van der Waals surface area contributed by atoms with Gasteiger partial charge in [-0.1, -0.05) is 25.7 Å². The molecular weight excluding hydrogens is 256 g/mol. The van der Waals surface area contributed by atoms with Gasteiger partial charge >= 0.3 is 5.97 Å². The van der Waals surface area contributed by atoms with Crippen molar-refractivity contribution < 1.29 is 19.4 Å². The summed E-state index contributed by atoms with van der Waals surface area (Å²) in [5.41, 5.74) is -1.37. The molecule has 0 saturated heterocycles. The standard InChI is InChI=1S/C16H32O4/c1-15(2,3)20-14(18)16(4,5)19-13-11-9-7-6-8-10-12-17/h17H,6-13H2,1-5H3. The van der Waals surface area contributed by atoms with Crippen LogP contribution in [0, 0.1) is 0 Å². The topological polar surface area (TPSA) is 55.8 Å². The van der Waals surface area contributed by atoms with E-state index < -0.39 is 11.2 Å². The fraction of sp³-hybridized carbons (Fsp3) is 0.938. The van der Waals surface area contributed by atoms with Gasteiger partial charge in [-0.25, -0.2) is 4.79 Å². The zero-order valence-corrected chi connectivity index (χ0v) is 13.8. The van der Waals surface area contributed by atoms with E-state index in [4.69, 9.17) is 14.6 Å². The highest BCUT2D eigenvalue weighted by molar-refractivity contribution is 5.78. The Bertz CT molecular complexity index is 266. The number of aliphatic hydroxyl groups excluding tert-OH is 1. The molecule has 0 amide bonds. The normalized spacial score (nSPS) is 12.5. The SMILES string of the molecule is CC(C)(C)OC(=O)C(C)(C)OCCCCCCCCO. The van der Waals surface area contributed by atoms with E-state index in [1.165, 1.54) is 0 Å². The molecule has 0 aliphatic carbocycles. The van der Waals surface area contributed by atoms with Crippen molar-refractivity contribution >= 4 is 5.97 Å². The lowest BCUT2D eigenvalue weighted by molar-refractivity contribution is -0.179. The first-order valence-corrected chi connectivity index (χ1v) is 7.67. The third-order valence-electron chi connectivity index (χ3n) is 2.91. The van der Waals surface area contributed by atoms with Gasteiger partial charge in [0.2, 0.25) is 0 Å². The molecule has 0 atom stereocenters. The molecule has 0 unspecified atom stereocenters. The molecule has 0 aliphatic heterocycles. The number of carbonyl (C=O) groups excluding carboxylic acids is 1. The molecule has 0 saturated carbocycles. The molecule has 0 heterocycles. The molecule has 0 aromatic rings. The van der Waals surface area contributed by atoms with E-state index in [1.54, 1.807) is 13.8 Å². The van der Waals surface area contributed by atoms with Gasteiger partial charge in [-0.2, -0.15) is 0 Å². The Morgan fingerprint density at radius 1 is 0.900 bits per heavy atom. The summed E-state index contributed by atoms with van der Waals surface area (Å²) in [5, 5.41) is 8.67. The molecule has 0 bridgehead atoms. The van der Waals surface area contributed by atoms with Crippen LogP contribution in [0.5, 0.6) is 0 Å². The molecule has 0 spiro atoms. The van der Waals surface area contributed by atoms with Crippen LogP contribution >= 0.6 is 0 Å². The summed E-state index contributed by atoms with van der Waals surface area (Å²) in [4.78, 5) is 11.9. The highest BCUT2D eigenvalue weighted by atomic mass is 16.6. The fourth-order valence-electron chi connectivity index (χ4n) is 1.71. The summed E-state index contributed by atoms with van der Waals surface area (Å²) in [6.07, 6.45) is 6.32. The quantitative estimate of drug-likeness (QED) is 0.494. The number of carbonyl (C=O) groups is 1. The van der Waals surface area contributed by atoms with Gasteiger partial charge in [-0.3, -0.25) is 0 Å². The van der Waals surface area contributed by atoms with E-state index in [-0.39, 0.29) is 12.6 Å². The number of unbranched alkanes of at least 4 members (excludes halogenated alkanes) is 5. The molecule has 0 radical (unpaired) electrons. The van der Waals surface area contributed by atoms with Crippen molar-refractivity contribution in [2.24, 2.45) is 0 Å². The molecule has 0 aromatic carbocycles. The van der Waals surface area contributed by atoms with Gasteiger partial charge in [0.05, 0.1) is 0 Å². The van der Waals surface area contributed by atoms with Crippen molar-refractivity contribution in [1.29, 1.82) is 0 Å².